The molecule has 2 N–H and O–H groups in total. The highest BCUT2D eigenvalue weighted by Gasteiger charge is 2.26. The summed E-state index contributed by atoms with van der Waals surface area (Å²) < 4.78 is 0. The maximum absolute atomic E-state index is 12.2. The molecule has 0 bridgehead atoms. The maximum atomic E-state index is 12.2. The molecular weight excluding hydrogens is 292 g/mol. The number of carbonyl (C=O) groups is 2. The van der Waals surface area contributed by atoms with Crippen LogP contribution in [0.1, 0.15) is 20.7 Å². The van der Waals surface area contributed by atoms with Crippen LogP contribution in [0.25, 0.3) is 0 Å². The topological polar surface area (TPSA) is 121 Å². The summed E-state index contributed by atoms with van der Waals surface area (Å²) in [6, 6.07) is 10.3. The number of nitrogens with zero attached hydrogens (tertiary/aromatic N) is 2. The van der Waals surface area contributed by atoms with E-state index in [9.17, 15) is 24.9 Å². The highest BCUT2D eigenvalue weighted by atomic mass is 16.6. The molecular formula is C14H10N2O6. The predicted octanol–water partition coefficient (Wildman–Crippen LogP) is 2.33. The Morgan fingerprint density at radius 3 is 2.14 bits per heavy atom. The van der Waals surface area contributed by atoms with E-state index in [1.165, 1.54) is 42.5 Å². The van der Waals surface area contributed by atoms with Crippen LogP contribution in [0, 0.1) is 10.1 Å². The zero-order valence-corrected chi connectivity index (χ0v) is 11.0. The molecule has 2 aromatic carbocycles. The van der Waals surface area contributed by atoms with Gasteiger partial charge in [0, 0.05) is 6.07 Å². The van der Waals surface area contributed by atoms with Gasteiger partial charge in [-0.15, -0.1) is 0 Å². The first-order valence-corrected chi connectivity index (χ1v) is 6.02. The molecule has 22 heavy (non-hydrogen) atoms. The van der Waals surface area contributed by atoms with E-state index < -0.39 is 22.5 Å². The van der Waals surface area contributed by atoms with Crippen molar-refractivity contribution in [3.63, 3.8) is 0 Å². The zero-order valence-electron chi connectivity index (χ0n) is 11.0. The van der Waals surface area contributed by atoms with Crippen molar-refractivity contribution < 1.29 is 24.8 Å². The normalized spacial score (nSPS) is 10.0. The van der Waals surface area contributed by atoms with Gasteiger partial charge in [-0.25, -0.2) is 4.79 Å². The number of anilines is 1. The summed E-state index contributed by atoms with van der Waals surface area (Å²) in [6.07, 6.45) is 0. The number of carbonyl (C=O) groups excluding carboxylic acids is 1. The monoisotopic (exact) mass is 302 g/mol. The number of nitro benzene ring substituents is 1. The first-order valence-electron chi connectivity index (χ1n) is 6.02. The van der Waals surface area contributed by atoms with Gasteiger partial charge in [0.05, 0.1) is 16.2 Å². The highest BCUT2D eigenvalue weighted by Crippen LogP contribution is 2.24. The molecule has 0 aliphatic rings. The van der Waals surface area contributed by atoms with E-state index in [1.54, 1.807) is 0 Å². The minimum atomic E-state index is -1.34. The zero-order chi connectivity index (χ0) is 16.3. The summed E-state index contributed by atoms with van der Waals surface area (Å²) in [6.45, 7) is 0. The molecule has 0 aromatic heterocycles. The average Bonchev–Trinajstić information content (AvgIpc) is 2.53. The quantitative estimate of drug-likeness (QED) is 0.508. The molecule has 0 aliphatic carbocycles. The van der Waals surface area contributed by atoms with Gasteiger partial charge in [0.15, 0.2) is 0 Å². The predicted molar refractivity (Wildman–Crippen MR) is 75.1 cm³/mol. The van der Waals surface area contributed by atoms with Gasteiger partial charge < -0.3 is 5.11 Å². The van der Waals surface area contributed by atoms with Gasteiger partial charge in [-0.2, -0.15) is 5.06 Å². The van der Waals surface area contributed by atoms with E-state index in [-0.39, 0.29) is 21.9 Å². The lowest BCUT2D eigenvalue weighted by atomic mass is 10.1. The van der Waals surface area contributed by atoms with Crippen molar-refractivity contribution in [2.24, 2.45) is 0 Å². The van der Waals surface area contributed by atoms with E-state index >= 15 is 0 Å². The van der Waals surface area contributed by atoms with Crippen LogP contribution in [-0.2, 0) is 0 Å². The van der Waals surface area contributed by atoms with Crippen molar-refractivity contribution in [3.05, 3.63) is 69.8 Å². The molecule has 0 unspecified atom stereocenters. The van der Waals surface area contributed by atoms with Gasteiger partial charge in [0.1, 0.15) is 5.56 Å². The molecule has 8 heteroatoms. The summed E-state index contributed by atoms with van der Waals surface area (Å²) in [7, 11) is 0. The molecule has 0 radical (unpaired) electrons. The fraction of sp³-hybridized carbons (Fsp3) is 0. The largest absolute Gasteiger partial charge is 0.478 e. The summed E-state index contributed by atoms with van der Waals surface area (Å²) in [5, 5.41) is 30.0. The molecule has 112 valence electrons. The van der Waals surface area contributed by atoms with E-state index in [2.05, 4.69) is 0 Å². The van der Waals surface area contributed by atoms with Crippen LogP contribution >= 0.6 is 0 Å². The van der Waals surface area contributed by atoms with Crippen LogP contribution < -0.4 is 5.06 Å². The summed E-state index contributed by atoms with van der Waals surface area (Å²) in [5.41, 5.74) is -1.43. The standard InChI is InChI=1S/C14H10N2O6/c17-13(9-5-1-4-8-12(9)16(21)22)15(20)11-7-3-2-6-10(11)14(18)19/h1-8,20H,(H,18,19). The Morgan fingerprint density at radius 1 is 1.00 bits per heavy atom. The van der Waals surface area contributed by atoms with Crippen LogP contribution in [-0.4, -0.2) is 27.1 Å². The number of nitro groups is 1. The van der Waals surface area contributed by atoms with Crippen LogP contribution in [0.2, 0.25) is 0 Å². The molecule has 0 spiro atoms. The minimum absolute atomic E-state index is 0.0891. The van der Waals surface area contributed by atoms with Crippen LogP contribution in [0.3, 0.4) is 0 Å². The number of hydrogen-bond acceptors (Lipinski definition) is 5. The van der Waals surface area contributed by atoms with Crippen LogP contribution in [0.5, 0.6) is 0 Å². The number of benzene rings is 2. The maximum Gasteiger partial charge on any atom is 0.337 e. The Kier molecular flexibility index (Phi) is 4.14. The number of hydrogen-bond donors (Lipinski definition) is 2. The second kappa shape index (κ2) is 6.02. The van der Waals surface area contributed by atoms with Crippen molar-refractivity contribution in [3.8, 4) is 0 Å². The Bertz CT molecular complexity index is 759. The summed E-state index contributed by atoms with van der Waals surface area (Å²) >= 11 is 0. The van der Waals surface area contributed by atoms with Crippen LogP contribution in [0.4, 0.5) is 11.4 Å². The molecule has 0 atom stereocenters. The average molecular weight is 302 g/mol. The van der Waals surface area contributed by atoms with E-state index in [4.69, 9.17) is 5.11 Å². The first-order chi connectivity index (χ1) is 10.4. The Morgan fingerprint density at radius 2 is 1.55 bits per heavy atom. The summed E-state index contributed by atoms with van der Waals surface area (Å²) in [4.78, 5) is 33.5. The lowest BCUT2D eigenvalue weighted by Gasteiger charge is -2.16. The van der Waals surface area contributed by atoms with Gasteiger partial charge in [-0.1, -0.05) is 24.3 Å². The third-order valence-corrected chi connectivity index (χ3v) is 2.89. The number of para-hydroxylation sites is 2. The first kappa shape index (κ1) is 15.1. The van der Waals surface area contributed by atoms with Gasteiger partial charge in [-0.05, 0) is 18.2 Å². The molecule has 0 heterocycles. The van der Waals surface area contributed by atoms with Gasteiger partial charge in [-0.3, -0.25) is 20.1 Å². The number of amides is 1. The van der Waals surface area contributed by atoms with Crippen molar-refractivity contribution >= 4 is 23.3 Å². The van der Waals surface area contributed by atoms with Crippen molar-refractivity contribution in [2.75, 3.05) is 5.06 Å². The molecule has 0 fully saturated rings. The lowest BCUT2D eigenvalue weighted by molar-refractivity contribution is -0.385. The lowest BCUT2D eigenvalue weighted by Crippen LogP contribution is -2.29. The minimum Gasteiger partial charge on any atom is -0.478 e. The Labute approximate surface area is 123 Å². The molecule has 2 rings (SSSR count). The van der Waals surface area contributed by atoms with E-state index in [0.29, 0.717) is 0 Å². The van der Waals surface area contributed by atoms with Crippen LogP contribution in [0.15, 0.2) is 48.5 Å². The molecule has 2 aromatic rings. The molecule has 0 aliphatic heterocycles. The second-order valence-corrected chi connectivity index (χ2v) is 4.21. The molecule has 8 nitrogen and oxygen atoms in total. The summed E-state index contributed by atoms with van der Waals surface area (Å²) in [5.74, 6) is -2.44. The number of aromatic carboxylic acids is 1. The molecule has 0 saturated heterocycles. The number of rotatable bonds is 4. The number of carboxylic acids is 1. The fourth-order valence-electron chi connectivity index (χ4n) is 1.88. The van der Waals surface area contributed by atoms with E-state index in [1.807, 2.05) is 0 Å². The fourth-order valence-corrected chi connectivity index (χ4v) is 1.88. The van der Waals surface area contributed by atoms with Gasteiger partial charge in [0.2, 0.25) is 0 Å². The van der Waals surface area contributed by atoms with Gasteiger partial charge >= 0.3 is 5.97 Å². The van der Waals surface area contributed by atoms with Crippen molar-refractivity contribution in [2.45, 2.75) is 0 Å². The van der Waals surface area contributed by atoms with Crippen molar-refractivity contribution in [1.29, 1.82) is 0 Å². The Balaban J connectivity index is 2.47. The second-order valence-electron chi connectivity index (χ2n) is 4.21. The van der Waals surface area contributed by atoms with Gasteiger partial charge in [0.25, 0.3) is 11.6 Å². The third-order valence-electron chi connectivity index (χ3n) is 2.89. The number of hydroxylamine groups is 1. The third kappa shape index (κ3) is 2.76. The Hall–Kier alpha value is -3.26. The van der Waals surface area contributed by atoms with E-state index in [0.717, 1.165) is 6.07 Å². The smallest absolute Gasteiger partial charge is 0.337 e. The number of carboxylic acid groups (broad SMARTS) is 1. The van der Waals surface area contributed by atoms with Crippen molar-refractivity contribution in [1.82, 2.24) is 0 Å². The SMILES string of the molecule is O=C(O)c1ccccc1N(O)C(=O)c1ccccc1[N+](=O)[O-]. The molecule has 0 saturated carbocycles. The molecule has 1 amide bonds. The highest BCUT2D eigenvalue weighted by molar-refractivity contribution is 6.09.